The first-order chi connectivity index (χ1) is 13.2. The molecule has 0 bridgehead atoms. The summed E-state index contributed by atoms with van der Waals surface area (Å²) in [6, 6.07) is 10.1. The Labute approximate surface area is 163 Å². The van der Waals surface area contributed by atoms with Crippen LogP contribution in [0.3, 0.4) is 0 Å². The molecular formula is C21H24N2O3S. The van der Waals surface area contributed by atoms with Crippen molar-refractivity contribution in [2.45, 2.75) is 31.4 Å². The largest absolute Gasteiger partial charge is 0.468 e. The molecule has 1 aromatic heterocycles. The van der Waals surface area contributed by atoms with E-state index in [-0.39, 0.29) is 17.7 Å². The summed E-state index contributed by atoms with van der Waals surface area (Å²) in [7, 11) is 0. The third-order valence-electron chi connectivity index (χ3n) is 5.26. The molecule has 0 spiro atoms. The molecule has 1 N–H and O–H groups in total. The Morgan fingerprint density at radius 3 is 3.00 bits per heavy atom. The molecule has 1 atom stereocenters. The number of hydrogen-bond donors (Lipinski definition) is 1. The molecule has 4 rings (SSSR count). The standard InChI is InChI=1S/C21H24N2O3S/c24-20-12-17(21(25)22-8-10-27-14-19-5-2-9-26-19)13-23(20)18-7-6-15-3-1-4-16(15)11-18/h2,5-7,9,11,17H,1,3-4,8,10,12-14H2,(H,22,25)/t17-/m1/s1. The summed E-state index contributed by atoms with van der Waals surface area (Å²) in [6.45, 7) is 1.08. The number of carbonyl (C=O) groups excluding carboxylic acids is 2. The monoisotopic (exact) mass is 384 g/mol. The van der Waals surface area contributed by atoms with Gasteiger partial charge in [0.15, 0.2) is 0 Å². The number of nitrogens with zero attached hydrogens (tertiary/aromatic N) is 1. The van der Waals surface area contributed by atoms with Crippen molar-refractivity contribution in [3.8, 4) is 0 Å². The Morgan fingerprint density at radius 1 is 1.26 bits per heavy atom. The van der Waals surface area contributed by atoms with Gasteiger partial charge in [-0.1, -0.05) is 6.07 Å². The zero-order valence-electron chi connectivity index (χ0n) is 15.3. The Morgan fingerprint density at radius 2 is 2.15 bits per heavy atom. The molecule has 5 nitrogen and oxygen atoms in total. The van der Waals surface area contributed by atoms with Gasteiger partial charge in [-0.05, 0) is 54.7 Å². The molecule has 2 heterocycles. The maximum atomic E-state index is 12.4. The first kappa shape index (κ1) is 18.2. The van der Waals surface area contributed by atoms with Crippen LogP contribution in [0.2, 0.25) is 0 Å². The SMILES string of the molecule is O=C(NCCSCc1ccco1)[C@@H]1CC(=O)N(c2ccc3c(c2)CCC3)C1. The van der Waals surface area contributed by atoms with Crippen LogP contribution in [0.5, 0.6) is 0 Å². The Hall–Kier alpha value is -2.21. The van der Waals surface area contributed by atoms with Crippen molar-refractivity contribution in [2.24, 2.45) is 5.92 Å². The summed E-state index contributed by atoms with van der Waals surface area (Å²) in [5.74, 6) is 2.32. The molecule has 1 aliphatic heterocycles. The fourth-order valence-electron chi connectivity index (χ4n) is 3.82. The van der Waals surface area contributed by atoms with Crippen molar-refractivity contribution in [1.82, 2.24) is 5.32 Å². The third kappa shape index (κ3) is 4.21. The smallest absolute Gasteiger partial charge is 0.227 e. The maximum Gasteiger partial charge on any atom is 0.227 e. The minimum Gasteiger partial charge on any atom is -0.468 e. The topological polar surface area (TPSA) is 62.6 Å². The van der Waals surface area contributed by atoms with Crippen molar-refractivity contribution >= 4 is 29.3 Å². The predicted octanol–water partition coefficient (Wildman–Crippen LogP) is 3.17. The summed E-state index contributed by atoms with van der Waals surface area (Å²) in [6.07, 6.45) is 5.37. The van der Waals surface area contributed by atoms with Crippen LogP contribution in [0, 0.1) is 5.92 Å². The highest BCUT2D eigenvalue weighted by molar-refractivity contribution is 7.98. The molecular weight excluding hydrogens is 360 g/mol. The molecule has 0 unspecified atom stereocenters. The number of amides is 2. The second-order valence-corrected chi connectivity index (χ2v) is 8.24. The van der Waals surface area contributed by atoms with Crippen molar-refractivity contribution < 1.29 is 14.0 Å². The summed E-state index contributed by atoms with van der Waals surface area (Å²) in [4.78, 5) is 26.6. The Balaban J connectivity index is 1.25. The van der Waals surface area contributed by atoms with Crippen LogP contribution in [0.4, 0.5) is 5.69 Å². The molecule has 27 heavy (non-hydrogen) atoms. The average Bonchev–Trinajstić information content (AvgIpc) is 3.41. The van der Waals surface area contributed by atoms with Crippen LogP contribution >= 0.6 is 11.8 Å². The zero-order valence-corrected chi connectivity index (χ0v) is 16.1. The zero-order chi connectivity index (χ0) is 18.6. The van der Waals surface area contributed by atoms with Crippen LogP contribution in [0.1, 0.15) is 29.7 Å². The minimum absolute atomic E-state index is 0.0226. The lowest BCUT2D eigenvalue weighted by molar-refractivity contribution is -0.126. The molecule has 2 aromatic rings. The van der Waals surface area contributed by atoms with Gasteiger partial charge in [0.1, 0.15) is 5.76 Å². The van der Waals surface area contributed by atoms with E-state index in [4.69, 9.17) is 4.42 Å². The number of rotatable bonds is 7. The molecule has 0 radical (unpaired) electrons. The fourth-order valence-corrected chi connectivity index (χ4v) is 4.57. The number of hydrogen-bond acceptors (Lipinski definition) is 4. The number of carbonyl (C=O) groups is 2. The number of furan rings is 1. The normalized spacial score (nSPS) is 18.7. The number of anilines is 1. The van der Waals surface area contributed by atoms with Crippen molar-refractivity contribution in [3.63, 3.8) is 0 Å². The van der Waals surface area contributed by atoms with Gasteiger partial charge in [0, 0.05) is 31.0 Å². The Kier molecular flexibility index (Phi) is 5.53. The van der Waals surface area contributed by atoms with Gasteiger partial charge in [-0.3, -0.25) is 9.59 Å². The van der Waals surface area contributed by atoms with Crippen molar-refractivity contribution in [2.75, 3.05) is 23.7 Å². The van der Waals surface area contributed by atoms with E-state index in [1.54, 1.807) is 22.9 Å². The second kappa shape index (κ2) is 8.21. The van der Waals surface area contributed by atoms with Crippen LogP contribution in [0.15, 0.2) is 41.0 Å². The van der Waals surface area contributed by atoms with E-state index in [9.17, 15) is 9.59 Å². The Bertz CT molecular complexity index is 819. The van der Waals surface area contributed by atoms with E-state index < -0.39 is 0 Å². The number of nitrogens with one attached hydrogen (secondary N) is 1. The average molecular weight is 385 g/mol. The molecule has 6 heteroatoms. The van der Waals surface area contributed by atoms with Crippen LogP contribution in [-0.4, -0.2) is 30.7 Å². The van der Waals surface area contributed by atoms with Crippen LogP contribution < -0.4 is 10.2 Å². The lowest BCUT2D eigenvalue weighted by Gasteiger charge is -2.18. The van der Waals surface area contributed by atoms with E-state index in [0.29, 0.717) is 19.5 Å². The highest BCUT2D eigenvalue weighted by atomic mass is 32.2. The molecule has 1 aliphatic carbocycles. The van der Waals surface area contributed by atoms with Crippen LogP contribution in [-0.2, 0) is 28.2 Å². The first-order valence-electron chi connectivity index (χ1n) is 9.51. The van der Waals surface area contributed by atoms with Gasteiger partial charge in [-0.25, -0.2) is 0 Å². The van der Waals surface area contributed by atoms with Gasteiger partial charge in [-0.2, -0.15) is 11.8 Å². The summed E-state index contributed by atoms with van der Waals surface area (Å²) < 4.78 is 5.28. The van der Waals surface area contributed by atoms with Crippen molar-refractivity contribution in [1.29, 1.82) is 0 Å². The number of aryl methyl sites for hydroxylation is 2. The quantitative estimate of drug-likeness (QED) is 0.745. The number of fused-ring (bicyclic) bond motifs is 1. The highest BCUT2D eigenvalue weighted by Crippen LogP contribution is 2.30. The van der Waals surface area contributed by atoms with Gasteiger partial charge in [0.05, 0.1) is 17.9 Å². The van der Waals surface area contributed by atoms with Crippen LogP contribution in [0.25, 0.3) is 0 Å². The van der Waals surface area contributed by atoms with E-state index in [0.717, 1.165) is 35.8 Å². The summed E-state index contributed by atoms with van der Waals surface area (Å²) >= 11 is 1.72. The van der Waals surface area contributed by atoms with Crippen molar-refractivity contribution in [3.05, 3.63) is 53.5 Å². The van der Waals surface area contributed by atoms with Gasteiger partial charge >= 0.3 is 0 Å². The minimum atomic E-state index is -0.263. The van der Waals surface area contributed by atoms with Gasteiger partial charge in [-0.15, -0.1) is 0 Å². The molecule has 142 valence electrons. The molecule has 1 saturated heterocycles. The summed E-state index contributed by atoms with van der Waals surface area (Å²) in [5.41, 5.74) is 3.68. The van der Waals surface area contributed by atoms with E-state index in [1.807, 2.05) is 18.2 Å². The number of benzene rings is 1. The lowest BCUT2D eigenvalue weighted by Crippen LogP contribution is -2.34. The maximum absolute atomic E-state index is 12.4. The molecule has 1 fully saturated rings. The number of thioether (sulfide) groups is 1. The molecule has 0 saturated carbocycles. The van der Waals surface area contributed by atoms with Gasteiger partial charge in [0.25, 0.3) is 0 Å². The molecule has 2 aliphatic rings. The second-order valence-electron chi connectivity index (χ2n) is 7.13. The van der Waals surface area contributed by atoms with E-state index in [1.165, 1.54) is 17.5 Å². The first-order valence-corrected chi connectivity index (χ1v) is 10.7. The van der Waals surface area contributed by atoms with Gasteiger partial charge < -0.3 is 14.6 Å². The van der Waals surface area contributed by atoms with Gasteiger partial charge in [0.2, 0.25) is 11.8 Å². The summed E-state index contributed by atoms with van der Waals surface area (Å²) in [5, 5.41) is 2.97. The van der Waals surface area contributed by atoms with E-state index >= 15 is 0 Å². The third-order valence-corrected chi connectivity index (χ3v) is 6.24. The molecule has 1 aromatic carbocycles. The predicted molar refractivity (Wildman–Crippen MR) is 107 cm³/mol. The lowest BCUT2D eigenvalue weighted by atomic mass is 10.1. The molecule has 2 amide bonds. The van der Waals surface area contributed by atoms with E-state index in [2.05, 4.69) is 17.4 Å². The highest BCUT2D eigenvalue weighted by Gasteiger charge is 2.35. The fraction of sp³-hybridized carbons (Fsp3) is 0.429.